The van der Waals surface area contributed by atoms with E-state index in [1.54, 1.807) is 17.9 Å². The molecule has 21 heavy (non-hydrogen) atoms. The number of benzene rings is 1. The third kappa shape index (κ3) is 3.86. The summed E-state index contributed by atoms with van der Waals surface area (Å²) in [4.78, 5) is 24.7. The molecule has 0 saturated carbocycles. The Morgan fingerprint density at radius 3 is 2.52 bits per heavy atom. The summed E-state index contributed by atoms with van der Waals surface area (Å²) in [7, 11) is 0. The Bertz CT molecular complexity index is 564. The molecular weight excluding hydrogens is 296 g/mol. The lowest BCUT2D eigenvalue weighted by molar-refractivity contribution is 0.00569. The molecule has 1 aliphatic rings. The average Bonchev–Trinajstić information content (AvgIpc) is 2.40. The average molecular weight is 313 g/mol. The molecule has 1 heterocycles. The molecule has 2 amide bonds. The molecule has 6 nitrogen and oxygen atoms in total. The topological polar surface area (TPSA) is 89.9 Å². The lowest BCUT2D eigenvalue weighted by Crippen LogP contribution is -2.46. The first-order chi connectivity index (χ1) is 9.78. The number of halogens is 1. The van der Waals surface area contributed by atoms with Gasteiger partial charge in [-0.25, -0.2) is 9.59 Å². The van der Waals surface area contributed by atoms with Gasteiger partial charge in [-0.15, -0.1) is 0 Å². The predicted octanol–water partition coefficient (Wildman–Crippen LogP) is 2.42. The summed E-state index contributed by atoms with van der Waals surface area (Å²) >= 11 is 5.78. The summed E-state index contributed by atoms with van der Waals surface area (Å²) in [5, 5.41) is 21.6. The summed E-state index contributed by atoms with van der Waals surface area (Å²) in [6.07, 6.45) is 1.03. The van der Waals surface area contributed by atoms with E-state index >= 15 is 0 Å². The SMILES string of the molecule is CC1(O)CCN(C(=O)Nc2ccc(Cl)c(C(=O)O)c2)CC1. The molecule has 1 aromatic carbocycles. The fourth-order valence-electron chi connectivity index (χ4n) is 2.16. The van der Waals surface area contributed by atoms with E-state index in [0.29, 0.717) is 31.6 Å². The molecule has 0 radical (unpaired) electrons. The van der Waals surface area contributed by atoms with Crippen molar-refractivity contribution in [3.8, 4) is 0 Å². The number of hydrogen-bond donors (Lipinski definition) is 3. The van der Waals surface area contributed by atoms with Crippen molar-refractivity contribution in [1.29, 1.82) is 0 Å². The number of likely N-dealkylation sites (tertiary alicyclic amines) is 1. The standard InChI is InChI=1S/C14H17ClN2O4/c1-14(21)4-6-17(7-5-14)13(20)16-9-2-3-11(15)10(8-9)12(18)19/h2-3,8,21H,4-7H2,1H3,(H,16,20)(H,18,19). The molecule has 7 heteroatoms. The summed E-state index contributed by atoms with van der Waals surface area (Å²) in [5.41, 5.74) is -0.414. The van der Waals surface area contributed by atoms with Crippen LogP contribution in [0, 0.1) is 0 Å². The molecule has 0 aromatic heterocycles. The molecule has 0 spiro atoms. The van der Waals surface area contributed by atoms with Crippen molar-refractivity contribution in [2.24, 2.45) is 0 Å². The van der Waals surface area contributed by atoms with Gasteiger partial charge in [0.05, 0.1) is 16.2 Å². The van der Waals surface area contributed by atoms with Gasteiger partial charge in [-0.2, -0.15) is 0 Å². The van der Waals surface area contributed by atoms with Crippen molar-refractivity contribution in [3.05, 3.63) is 28.8 Å². The van der Waals surface area contributed by atoms with E-state index in [-0.39, 0.29) is 16.6 Å². The van der Waals surface area contributed by atoms with Crippen molar-refractivity contribution in [2.45, 2.75) is 25.4 Å². The molecule has 1 aliphatic heterocycles. The Kier molecular flexibility index (Phi) is 4.39. The maximum absolute atomic E-state index is 12.1. The zero-order valence-electron chi connectivity index (χ0n) is 11.6. The Morgan fingerprint density at radius 1 is 1.33 bits per heavy atom. The molecular formula is C14H17ClN2O4. The number of urea groups is 1. The zero-order chi connectivity index (χ0) is 15.6. The summed E-state index contributed by atoms with van der Waals surface area (Å²) in [6.45, 7) is 2.66. The quantitative estimate of drug-likeness (QED) is 0.782. The van der Waals surface area contributed by atoms with Gasteiger partial charge in [0.15, 0.2) is 0 Å². The van der Waals surface area contributed by atoms with Crippen LogP contribution in [0.2, 0.25) is 5.02 Å². The summed E-state index contributed by atoms with van der Waals surface area (Å²) in [6, 6.07) is 3.99. The molecule has 3 N–H and O–H groups in total. The van der Waals surface area contributed by atoms with Crippen LogP contribution in [-0.2, 0) is 0 Å². The maximum atomic E-state index is 12.1. The fraction of sp³-hybridized carbons (Fsp3) is 0.429. The Hall–Kier alpha value is -1.79. The highest BCUT2D eigenvalue weighted by atomic mass is 35.5. The Balaban J connectivity index is 2.03. The van der Waals surface area contributed by atoms with E-state index < -0.39 is 11.6 Å². The number of nitrogens with one attached hydrogen (secondary N) is 1. The van der Waals surface area contributed by atoms with Crippen LogP contribution in [0.15, 0.2) is 18.2 Å². The number of carboxylic acid groups (broad SMARTS) is 1. The lowest BCUT2D eigenvalue weighted by Gasteiger charge is -2.35. The van der Waals surface area contributed by atoms with Crippen molar-refractivity contribution in [1.82, 2.24) is 4.90 Å². The van der Waals surface area contributed by atoms with Crippen LogP contribution in [0.1, 0.15) is 30.1 Å². The van der Waals surface area contributed by atoms with E-state index in [0.717, 1.165) is 0 Å². The number of carboxylic acids is 1. The van der Waals surface area contributed by atoms with Gasteiger partial charge < -0.3 is 20.4 Å². The number of amides is 2. The molecule has 0 aliphatic carbocycles. The number of piperidine rings is 1. The second-order valence-corrected chi connectivity index (χ2v) is 5.82. The van der Waals surface area contributed by atoms with Gasteiger partial charge in [0, 0.05) is 18.8 Å². The molecule has 0 bridgehead atoms. The summed E-state index contributed by atoms with van der Waals surface area (Å²) < 4.78 is 0. The number of anilines is 1. The number of hydrogen-bond acceptors (Lipinski definition) is 3. The van der Waals surface area contributed by atoms with Gasteiger partial charge in [0.1, 0.15) is 0 Å². The van der Waals surface area contributed by atoms with Crippen LogP contribution in [0.25, 0.3) is 0 Å². The number of carbonyl (C=O) groups excluding carboxylic acids is 1. The molecule has 0 atom stereocenters. The minimum Gasteiger partial charge on any atom is -0.478 e. The predicted molar refractivity (Wildman–Crippen MR) is 78.9 cm³/mol. The fourth-order valence-corrected chi connectivity index (χ4v) is 2.36. The van der Waals surface area contributed by atoms with Crippen molar-refractivity contribution in [2.75, 3.05) is 18.4 Å². The van der Waals surface area contributed by atoms with E-state index in [4.69, 9.17) is 16.7 Å². The highest BCUT2D eigenvalue weighted by molar-refractivity contribution is 6.33. The molecule has 1 saturated heterocycles. The van der Waals surface area contributed by atoms with Crippen LogP contribution in [-0.4, -0.2) is 45.8 Å². The van der Waals surface area contributed by atoms with Crippen molar-refractivity contribution < 1.29 is 19.8 Å². The van der Waals surface area contributed by atoms with E-state index in [9.17, 15) is 14.7 Å². The van der Waals surface area contributed by atoms with Gasteiger partial charge in [-0.3, -0.25) is 0 Å². The highest BCUT2D eigenvalue weighted by Crippen LogP contribution is 2.23. The van der Waals surface area contributed by atoms with Gasteiger partial charge >= 0.3 is 12.0 Å². The minimum absolute atomic E-state index is 0.0592. The largest absolute Gasteiger partial charge is 0.478 e. The number of carbonyl (C=O) groups is 2. The van der Waals surface area contributed by atoms with Gasteiger partial charge in [-0.1, -0.05) is 11.6 Å². The lowest BCUT2D eigenvalue weighted by atomic mass is 9.94. The molecule has 114 valence electrons. The van der Waals surface area contributed by atoms with Gasteiger partial charge in [-0.05, 0) is 38.0 Å². The van der Waals surface area contributed by atoms with Crippen LogP contribution in [0.5, 0.6) is 0 Å². The van der Waals surface area contributed by atoms with Gasteiger partial charge in [0.2, 0.25) is 0 Å². The number of nitrogens with zero attached hydrogens (tertiary/aromatic N) is 1. The van der Waals surface area contributed by atoms with E-state index in [1.807, 2.05) is 0 Å². The molecule has 1 fully saturated rings. The highest BCUT2D eigenvalue weighted by Gasteiger charge is 2.29. The van der Waals surface area contributed by atoms with Crippen LogP contribution < -0.4 is 5.32 Å². The van der Waals surface area contributed by atoms with E-state index in [1.165, 1.54) is 12.1 Å². The third-order valence-corrected chi connectivity index (χ3v) is 3.91. The maximum Gasteiger partial charge on any atom is 0.337 e. The first-order valence-corrected chi connectivity index (χ1v) is 6.97. The molecule has 1 aromatic rings. The normalized spacial score (nSPS) is 17.4. The van der Waals surface area contributed by atoms with Crippen LogP contribution in [0.3, 0.4) is 0 Å². The minimum atomic E-state index is -1.15. The van der Waals surface area contributed by atoms with E-state index in [2.05, 4.69) is 5.32 Å². The first-order valence-electron chi connectivity index (χ1n) is 6.60. The Morgan fingerprint density at radius 2 is 1.95 bits per heavy atom. The smallest absolute Gasteiger partial charge is 0.337 e. The summed E-state index contributed by atoms with van der Waals surface area (Å²) in [5.74, 6) is -1.15. The third-order valence-electron chi connectivity index (χ3n) is 3.58. The number of aromatic carboxylic acids is 1. The molecule has 2 rings (SSSR count). The number of aliphatic hydroxyl groups is 1. The molecule has 0 unspecified atom stereocenters. The van der Waals surface area contributed by atoms with Crippen LogP contribution in [0.4, 0.5) is 10.5 Å². The van der Waals surface area contributed by atoms with Crippen LogP contribution >= 0.6 is 11.6 Å². The monoisotopic (exact) mass is 312 g/mol. The second kappa shape index (κ2) is 5.91. The first kappa shape index (κ1) is 15.6. The number of rotatable bonds is 2. The van der Waals surface area contributed by atoms with Crippen molar-refractivity contribution >= 4 is 29.3 Å². The zero-order valence-corrected chi connectivity index (χ0v) is 12.4. The Labute approximate surface area is 127 Å². The second-order valence-electron chi connectivity index (χ2n) is 5.41. The van der Waals surface area contributed by atoms with Gasteiger partial charge in [0.25, 0.3) is 0 Å². The van der Waals surface area contributed by atoms with Crippen molar-refractivity contribution in [3.63, 3.8) is 0 Å².